The summed E-state index contributed by atoms with van der Waals surface area (Å²) in [6.07, 6.45) is 2.25. The van der Waals surface area contributed by atoms with Gasteiger partial charge in [0.25, 0.3) is 0 Å². The van der Waals surface area contributed by atoms with Gasteiger partial charge in [0.05, 0.1) is 5.69 Å². The van der Waals surface area contributed by atoms with Crippen LogP contribution in [0.1, 0.15) is 17.5 Å². The molecule has 1 heterocycles. The Morgan fingerprint density at radius 1 is 1.00 bits per heavy atom. The molecule has 0 radical (unpaired) electrons. The summed E-state index contributed by atoms with van der Waals surface area (Å²) < 4.78 is 0. The van der Waals surface area contributed by atoms with E-state index < -0.39 is 0 Å². The topological polar surface area (TPSA) is 53.1 Å². The lowest BCUT2D eigenvalue weighted by molar-refractivity contribution is 0.766. The highest BCUT2D eigenvalue weighted by Crippen LogP contribution is 2.34. The summed E-state index contributed by atoms with van der Waals surface area (Å²) in [5, 5.41) is 7.73. The molecule has 3 rings (SSSR count). The van der Waals surface area contributed by atoms with Crippen molar-refractivity contribution in [3.63, 3.8) is 0 Å². The molecule has 3 heteroatoms. The molecule has 0 spiro atoms. The Labute approximate surface area is 113 Å². The minimum absolute atomic E-state index is 0.124. The molecule has 2 aromatic carbocycles. The zero-order chi connectivity index (χ0) is 13.2. The normalized spacial score (nSPS) is 14.0. The molecule has 3 nitrogen and oxygen atoms in total. The second-order valence-electron chi connectivity index (χ2n) is 4.81. The molecular formula is C16H17N3. The number of fused-ring (bicyclic) bond motifs is 1. The quantitative estimate of drug-likeness (QED) is 0.636. The number of nitrogens with two attached hydrogens (primary N) is 1. The number of benzene rings is 2. The Morgan fingerprint density at radius 3 is 2.47 bits per heavy atom. The Kier molecular flexibility index (Phi) is 2.95. The van der Waals surface area contributed by atoms with Crippen LogP contribution in [0.2, 0.25) is 0 Å². The van der Waals surface area contributed by atoms with E-state index in [-0.39, 0.29) is 5.84 Å². The molecule has 0 amide bonds. The first kappa shape index (κ1) is 11.8. The summed E-state index contributed by atoms with van der Waals surface area (Å²) in [7, 11) is 0. The lowest BCUT2D eigenvalue weighted by atomic mass is 10.00. The largest absolute Gasteiger partial charge is 0.384 e. The van der Waals surface area contributed by atoms with Crippen molar-refractivity contribution in [2.24, 2.45) is 5.73 Å². The predicted octanol–water partition coefficient (Wildman–Crippen LogP) is 3.05. The third-order valence-corrected chi connectivity index (χ3v) is 3.60. The fourth-order valence-electron chi connectivity index (χ4n) is 2.72. The molecule has 0 atom stereocenters. The van der Waals surface area contributed by atoms with Crippen LogP contribution < -0.4 is 10.6 Å². The van der Waals surface area contributed by atoms with Gasteiger partial charge in [-0.2, -0.15) is 0 Å². The summed E-state index contributed by atoms with van der Waals surface area (Å²) in [6, 6.07) is 16.3. The molecule has 0 bridgehead atoms. The number of nitrogen functional groups attached to an aromatic ring is 1. The molecule has 0 aromatic heterocycles. The van der Waals surface area contributed by atoms with Gasteiger partial charge >= 0.3 is 0 Å². The maximum atomic E-state index is 7.73. The van der Waals surface area contributed by atoms with E-state index in [1.54, 1.807) is 0 Å². The Morgan fingerprint density at radius 2 is 1.68 bits per heavy atom. The summed E-state index contributed by atoms with van der Waals surface area (Å²) >= 11 is 0. The van der Waals surface area contributed by atoms with Crippen LogP contribution in [0.3, 0.4) is 0 Å². The molecule has 19 heavy (non-hydrogen) atoms. The van der Waals surface area contributed by atoms with Crippen LogP contribution in [0, 0.1) is 5.41 Å². The SMILES string of the molecule is N=C(N)c1ccccc1N1CCCc2ccccc21. The van der Waals surface area contributed by atoms with E-state index >= 15 is 0 Å². The van der Waals surface area contributed by atoms with Gasteiger partial charge in [-0.3, -0.25) is 5.41 Å². The van der Waals surface area contributed by atoms with Crippen LogP contribution in [0.5, 0.6) is 0 Å². The average molecular weight is 251 g/mol. The second-order valence-corrected chi connectivity index (χ2v) is 4.81. The molecule has 0 saturated carbocycles. The lowest BCUT2D eigenvalue weighted by Crippen LogP contribution is -2.27. The van der Waals surface area contributed by atoms with Crippen molar-refractivity contribution in [2.45, 2.75) is 12.8 Å². The van der Waals surface area contributed by atoms with Crippen molar-refractivity contribution in [1.82, 2.24) is 0 Å². The van der Waals surface area contributed by atoms with Crippen LogP contribution in [0.25, 0.3) is 0 Å². The molecule has 0 fully saturated rings. The number of nitrogens with zero attached hydrogens (tertiary/aromatic N) is 1. The number of aryl methyl sites for hydroxylation is 1. The highest BCUT2D eigenvalue weighted by Gasteiger charge is 2.20. The van der Waals surface area contributed by atoms with Crippen molar-refractivity contribution in [2.75, 3.05) is 11.4 Å². The fraction of sp³-hybridized carbons (Fsp3) is 0.188. The van der Waals surface area contributed by atoms with Crippen LogP contribution >= 0.6 is 0 Å². The monoisotopic (exact) mass is 251 g/mol. The summed E-state index contributed by atoms with van der Waals surface area (Å²) in [6.45, 7) is 0.974. The zero-order valence-electron chi connectivity index (χ0n) is 10.8. The first-order chi connectivity index (χ1) is 9.27. The number of rotatable bonds is 2. The molecule has 1 aliphatic rings. The summed E-state index contributed by atoms with van der Waals surface area (Å²) in [5.74, 6) is 0.124. The van der Waals surface area contributed by atoms with E-state index in [9.17, 15) is 0 Å². The van der Waals surface area contributed by atoms with Gasteiger partial charge in [-0.1, -0.05) is 30.3 Å². The number of nitrogens with one attached hydrogen (secondary N) is 1. The molecule has 0 saturated heterocycles. The van der Waals surface area contributed by atoms with Crippen LogP contribution in [0.4, 0.5) is 11.4 Å². The molecule has 0 unspecified atom stereocenters. The Balaban J connectivity index is 2.12. The van der Waals surface area contributed by atoms with E-state index in [4.69, 9.17) is 11.1 Å². The maximum Gasteiger partial charge on any atom is 0.124 e. The highest BCUT2D eigenvalue weighted by atomic mass is 15.1. The fourth-order valence-corrected chi connectivity index (χ4v) is 2.72. The van der Waals surface area contributed by atoms with E-state index in [0.29, 0.717) is 0 Å². The predicted molar refractivity (Wildman–Crippen MR) is 79.2 cm³/mol. The van der Waals surface area contributed by atoms with Gasteiger partial charge in [0.15, 0.2) is 0 Å². The molecule has 96 valence electrons. The third-order valence-electron chi connectivity index (χ3n) is 3.60. The van der Waals surface area contributed by atoms with Crippen LogP contribution in [0.15, 0.2) is 48.5 Å². The van der Waals surface area contributed by atoms with Gasteiger partial charge in [0.2, 0.25) is 0 Å². The molecular weight excluding hydrogens is 234 g/mol. The number of hydrogen-bond donors (Lipinski definition) is 2. The Hall–Kier alpha value is -2.29. The van der Waals surface area contributed by atoms with Gasteiger partial charge < -0.3 is 10.6 Å². The van der Waals surface area contributed by atoms with Crippen molar-refractivity contribution >= 4 is 17.2 Å². The lowest BCUT2D eigenvalue weighted by Gasteiger charge is -2.32. The minimum atomic E-state index is 0.124. The van der Waals surface area contributed by atoms with Gasteiger partial charge in [0.1, 0.15) is 5.84 Å². The standard InChI is InChI=1S/C16H17N3/c17-16(18)13-8-2-4-10-15(13)19-11-5-7-12-6-1-3-9-14(12)19/h1-4,6,8-10H,5,7,11H2,(H3,17,18). The molecule has 0 aliphatic carbocycles. The number of para-hydroxylation sites is 2. The van der Waals surface area contributed by atoms with E-state index in [2.05, 4.69) is 29.2 Å². The molecule has 3 N–H and O–H groups in total. The van der Waals surface area contributed by atoms with Crippen molar-refractivity contribution in [3.05, 3.63) is 59.7 Å². The van der Waals surface area contributed by atoms with E-state index in [0.717, 1.165) is 30.6 Å². The van der Waals surface area contributed by atoms with Gasteiger partial charge in [-0.25, -0.2) is 0 Å². The van der Waals surface area contributed by atoms with Crippen LogP contribution in [-0.4, -0.2) is 12.4 Å². The number of amidine groups is 1. The van der Waals surface area contributed by atoms with Crippen molar-refractivity contribution < 1.29 is 0 Å². The number of anilines is 2. The second kappa shape index (κ2) is 4.76. The third kappa shape index (κ3) is 2.08. The first-order valence-electron chi connectivity index (χ1n) is 6.56. The van der Waals surface area contributed by atoms with Gasteiger partial charge in [-0.05, 0) is 36.6 Å². The first-order valence-corrected chi connectivity index (χ1v) is 6.56. The number of hydrogen-bond acceptors (Lipinski definition) is 2. The average Bonchev–Trinajstić information content (AvgIpc) is 2.46. The van der Waals surface area contributed by atoms with Gasteiger partial charge in [-0.15, -0.1) is 0 Å². The summed E-state index contributed by atoms with van der Waals surface area (Å²) in [4.78, 5) is 2.27. The van der Waals surface area contributed by atoms with E-state index in [1.165, 1.54) is 11.3 Å². The molecule has 1 aliphatic heterocycles. The van der Waals surface area contributed by atoms with Crippen molar-refractivity contribution in [3.8, 4) is 0 Å². The van der Waals surface area contributed by atoms with Crippen molar-refractivity contribution in [1.29, 1.82) is 5.41 Å². The van der Waals surface area contributed by atoms with Gasteiger partial charge in [0, 0.05) is 17.8 Å². The Bertz CT molecular complexity index is 619. The zero-order valence-corrected chi connectivity index (χ0v) is 10.8. The highest BCUT2D eigenvalue weighted by molar-refractivity contribution is 6.01. The summed E-state index contributed by atoms with van der Waals surface area (Å²) in [5.41, 5.74) is 10.1. The molecule has 2 aromatic rings. The van der Waals surface area contributed by atoms with E-state index in [1.807, 2.05) is 24.3 Å². The smallest absolute Gasteiger partial charge is 0.124 e. The van der Waals surface area contributed by atoms with Crippen LogP contribution in [-0.2, 0) is 6.42 Å². The maximum absolute atomic E-state index is 7.73. The minimum Gasteiger partial charge on any atom is -0.384 e.